The molecular weight excluding hydrogens is 470 g/mol. The van der Waals surface area contributed by atoms with Crippen LogP contribution >= 0.6 is 23.1 Å². The quantitative estimate of drug-likeness (QED) is 0.291. The first-order valence-corrected chi connectivity index (χ1v) is 12.7. The number of carbonyl (C=O) groups excluding carboxylic acids is 1. The van der Waals surface area contributed by atoms with Crippen LogP contribution in [0.4, 0.5) is 5.69 Å². The zero-order valence-corrected chi connectivity index (χ0v) is 20.4. The van der Waals surface area contributed by atoms with Gasteiger partial charge in [0.05, 0.1) is 17.2 Å². The second-order valence-corrected chi connectivity index (χ2v) is 10.3. The number of nitrogens with one attached hydrogen (secondary N) is 1. The zero-order chi connectivity index (χ0) is 23.7. The maximum atomic E-state index is 13.4. The van der Waals surface area contributed by atoms with Gasteiger partial charge in [-0.05, 0) is 37.1 Å². The summed E-state index contributed by atoms with van der Waals surface area (Å²) in [5, 5.41) is 3.59. The van der Waals surface area contributed by atoms with Crippen LogP contribution < -0.4 is 20.3 Å². The summed E-state index contributed by atoms with van der Waals surface area (Å²) >= 11 is 2.80. The Morgan fingerprint density at radius 1 is 1.18 bits per heavy atom. The Hall–Kier alpha value is -3.30. The van der Waals surface area contributed by atoms with E-state index in [4.69, 9.17) is 14.5 Å². The van der Waals surface area contributed by atoms with Gasteiger partial charge in [-0.3, -0.25) is 14.2 Å². The van der Waals surface area contributed by atoms with Crippen LogP contribution in [0.2, 0.25) is 0 Å². The molecular formula is C25H23N3O4S2. The number of aromatic nitrogens is 2. The highest BCUT2D eigenvalue weighted by atomic mass is 32.2. The monoisotopic (exact) mass is 493 g/mol. The molecule has 5 rings (SSSR count). The lowest BCUT2D eigenvalue weighted by atomic mass is 10.2. The fourth-order valence-electron chi connectivity index (χ4n) is 3.65. The lowest BCUT2D eigenvalue weighted by Gasteiger charge is -2.16. The van der Waals surface area contributed by atoms with E-state index in [-0.39, 0.29) is 18.3 Å². The van der Waals surface area contributed by atoms with Crippen LogP contribution in [-0.2, 0) is 17.8 Å². The van der Waals surface area contributed by atoms with E-state index in [1.807, 2.05) is 43.3 Å². The van der Waals surface area contributed by atoms with Gasteiger partial charge in [0.15, 0.2) is 16.7 Å². The van der Waals surface area contributed by atoms with Crippen LogP contribution in [0.5, 0.6) is 11.5 Å². The van der Waals surface area contributed by atoms with Crippen LogP contribution in [0.25, 0.3) is 10.2 Å². The molecule has 3 heterocycles. The number of anilines is 1. The highest BCUT2D eigenvalue weighted by Gasteiger charge is 2.22. The first-order chi connectivity index (χ1) is 16.5. The van der Waals surface area contributed by atoms with E-state index in [1.54, 1.807) is 22.8 Å². The molecule has 1 aliphatic heterocycles. The molecule has 0 fully saturated rings. The van der Waals surface area contributed by atoms with Crippen molar-refractivity contribution in [3.05, 3.63) is 75.4 Å². The Bertz CT molecular complexity index is 1420. The zero-order valence-electron chi connectivity index (χ0n) is 18.7. The lowest BCUT2D eigenvalue weighted by molar-refractivity contribution is -0.115. The van der Waals surface area contributed by atoms with E-state index in [0.29, 0.717) is 39.1 Å². The lowest BCUT2D eigenvalue weighted by Crippen LogP contribution is -2.27. The van der Waals surface area contributed by atoms with Gasteiger partial charge in [-0.25, -0.2) is 4.98 Å². The average Bonchev–Trinajstić information content (AvgIpc) is 3.48. The van der Waals surface area contributed by atoms with Gasteiger partial charge in [0.2, 0.25) is 12.7 Å². The number of nitrogens with zero attached hydrogens (tertiary/aromatic N) is 2. The number of benzene rings is 2. The van der Waals surface area contributed by atoms with Crippen LogP contribution in [-0.4, -0.2) is 27.5 Å². The van der Waals surface area contributed by atoms with E-state index in [9.17, 15) is 9.59 Å². The number of rotatable bonds is 7. The summed E-state index contributed by atoms with van der Waals surface area (Å²) in [5.41, 5.74) is 1.53. The molecule has 0 aliphatic carbocycles. The van der Waals surface area contributed by atoms with Crippen molar-refractivity contribution in [2.24, 2.45) is 0 Å². The average molecular weight is 494 g/mol. The molecule has 4 aromatic rings. The third-order valence-electron chi connectivity index (χ3n) is 5.49. The second-order valence-electron chi connectivity index (χ2n) is 7.87. The van der Waals surface area contributed by atoms with Gasteiger partial charge in [-0.2, -0.15) is 0 Å². The molecule has 1 N–H and O–H groups in total. The molecule has 1 amide bonds. The Kier molecular flexibility index (Phi) is 6.30. The number of hydrogen-bond donors (Lipinski definition) is 1. The summed E-state index contributed by atoms with van der Waals surface area (Å²) in [4.78, 5) is 33.0. The summed E-state index contributed by atoms with van der Waals surface area (Å²) in [6.07, 6.45) is 0.843. The standard InChI is InChI=1S/C25H23N3O4S2/c1-3-18-12-19-23(34-18)27-25(28(24(19)30)13-16-7-5-4-6-8-16)33-15(2)22(29)26-17-9-10-20-21(11-17)32-14-31-20/h4-12,15H,3,13-14H2,1-2H3,(H,26,29)/t15-/m1/s1. The fraction of sp³-hybridized carbons (Fsp3) is 0.240. The predicted octanol–water partition coefficient (Wildman–Crippen LogP) is 4.92. The smallest absolute Gasteiger partial charge is 0.263 e. The minimum absolute atomic E-state index is 0.0873. The van der Waals surface area contributed by atoms with Crippen LogP contribution in [0.15, 0.2) is 64.5 Å². The first kappa shape index (κ1) is 22.5. The summed E-state index contributed by atoms with van der Waals surface area (Å²) in [6.45, 7) is 4.43. The molecule has 34 heavy (non-hydrogen) atoms. The molecule has 0 saturated carbocycles. The van der Waals surface area contributed by atoms with Crippen molar-refractivity contribution < 1.29 is 14.3 Å². The summed E-state index contributed by atoms with van der Waals surface area (Å²) in [6, 6.07) is 17.0. The van der Waals surface area contributed by atoms with Crippen molar-refractivity contribution in [1.29, 1.82) is 0 Å². The van der Waals surface area contributed by atoms with Crippen molar-refractivity contribution in [2.45, 2.75) is 37.2 Å². The number of ether oxygens (including phenoxy) is 2. The van der Waals surface area contributed by atoms with E-state index in [2.05, 4.69) is 12.2 Å². The molecule has 9 heteroatoms. The number of amides is 1. The third kappa shape index (κ3) is 4.53. The molecule has 0 spiro atoms. The summed E-state index contributed by atoms with van der Waals surface area (Å²) in [5.74, 6) is 1.07. The minimum atomic E-state index is -0.484. The van der Waals surface area contributed by atoms with Crippen LogP contribution in [0.1, 0.15) is 24.3 Å². The van der Waals surface area contributed by atoms with Crippen molar-refractivity contribution >= 4 is 44.9 Å². The fourth-order valence-corrected chi connectivity index (χ4v) is 5.56. The number of hydrogen-bond acceptors (Lipinski definition) is 7. The van der Waals surface area contributed by atoms with Crippen molar-refractivity contribution in [1.82, 2.24) is 9.55 Å². The molecule has 0 radical (unpaired) electrons. The maximum absolute atomic E-state index is 13.4. The molecule has 174 valence electrons. The maximum Gasteiger partial charge on any atom is 0.263 e. The number of fused-ring (bicyclic) bond motifs is 2. The van der Waals surface area contributed by atoms with Crippen LogP contribution in [0.3, 0.4) is 0 Å². The van der Waals surface area contributed by atoms with Crippen LogP contribution in [0, 0.1) is 0 Å². The van der Waals surface area contributed by atoms with E-state index in [0.717, 1.165) is 16.9 Å². The first-order valence-electron chi connectivity index (χ1n) is 11.0. The molecule has 0 bridgehead atoms. The number of aryl methyl sites for hydroxylation is 1. The van der Waals surface area contributed by atoms with Crippen molar-refractivity contribution in [3.8, 4) is 11.5 Å². The largest absolute Gasteiger partial charge is 0.454 e. The molecule has 7 nitrogen and oxygen atoms in total. The van der Waals surface area contributed by atoms with Gasteiger partial charge in [0.1, 0.15) is 4.83 Å². The molecule has 1 atom stereocenters. The molecule has 2 aromatic carbocycles. The van der Waals surface area contributed by atoms with Gasteiger partial charge in [-0.1, -0.05) is 49.0 Å². The Morgan fingerprint density at radius 2 is 1.97 bits per heavy atom. The highest BCUT2D eigenvalue weighted by molar-refractivity contribution is 8.00. The number of thiophene rings is 1. The Labute approximate surface area is 204 Å². The van der Waals surface area contributed by atoms with Crippen molar-refractivity contribution in [3.63, 3.8) is 0 Å². The molecule has 0 unspecified atom stereocenters. The third-order valence-corrected chi connectivity index (χ3v) is 7.75. The topological polar surface area (TPSA) is 82.5 Å². The number of thioether (sulfide) groups is 1. The molecule has 0 saturated heterocycles. The predicted molar refractivity (Wildman–Crippen MR) is 135 cm³/mol. The minimum Gasteiger partial charge on any atom is -0.454 e. The molecule has 1 aliphatic rings. The molecule has 2 aromatic heterocycles. The van der Waals surface area contributed by atoms with Gasteiger partial charge in [-0.15, -0.1) is 11.3 Å². The SMILES string of the molecule is CCc1cc2c(=O)n(Cc3ccccc3)c(S[C@H](C)C(=O)Nc3ccc4c(c3)OCO4)nc2s1. The normalized spacial score (nSPS) is 13.2. The summed E-state index contributed by atoms with van der Waals surface area (Å²) in [7, 11) is 0. The van der Waals surface area contributed by atoms with E-state index < -0.39 is 5.25 Å². The second kappa shape index (κ2) is 9.52. The Balaban J connectivity index is 1.43. The highest BCUT2D eigenvalue weighted by Crippen LogP contribution is 2.34. The van der Waals surface area contributed by atoms with Gasteiger partial charge in [0.25, 0.3) is 5.56 Å². The van der Waals surface area contributed by atoms with Gasteiger partial charge >= 0.3 is 0 Å². The number of carbonyl (C=O) groups is 1. The van der Waals surface area contributed by atoms with E-state index >= 15 is 0 Å². The van der Waals surface area contributed by atoms with Gasteiger partial charge in [0, 0.05) is 16.6 Å². The van der Waals surface area contributed by atoms with E-state index in [1.165, 1.54) is 23.1 Å². The van der Waals surface area contributed by atoms with Gasteiger partial charge < -0.3 is 14.8 Å². The summed E-state index contributed by atoms with van der Waals surface area (Å²) < 4.78 is 12.4. The van der Waals surface area contributed by atoms with Crippen molar-refractivity contribution in [2.75, 3.05) is 12.1 Å². The Morgan fingerprint density at radius 3 is 2.76 bits per heavy atom.